The molecule has 0 saturated carbocycles. The third-order valence-corrected chi connectivity index (χ3v) is 3.65. The molecule has 5 nitrogen and oxygen atoms in total. The zero-order chi connectivity index (χ0) is 15.1. The molecule has 1 aromatic carbocycles. The summed E-state index contributed by atoms with van der Waals surface area (Å²) in [5.74, 6) is -3.85. The van der Waals surface area contributed by atoms with Gasteiger partial charge in [0.05, 0.1) is 11.0 Å². The van der Waals surface area contributed by atoms with Gasteiger partial charge in [0.15, 0.2) is 0 Å². The molecule has 0 radical (unpaired) electrons. The highest BCUT2D eigenvalue weighted by atomic mass is 19.1. The Labute approximate surface area is 114 Å². The highest BCUT2D eigenvalue weighted by Gasteiger charge is 2.40. The molecule has 7 heteroatoms. The molecule has 20 heavy (non-hydrogen) atoms. The van der Waals surface area contributed by atoms with Gasteiger partial charge in [0.1, 0.15) is 17.3 Å². The lowest BCUT2D eigenvalue weighted by atomic mass is 9.89. The van der Waals surface area contributed by atoms with Gasteiger partial charge in [-0.2, -0.15) is 0 Å². The molecule has 2 rings (SSSR count). The normalized spacial score (nSPS) is 22.1. The molecule has 0 aliphatic carbocycles. The predicted molar refractivity (Wildman–Crippen MR) is 67.4 cm³/mol. The number of anilines is 1. The second-order valence-electron chi connectivity index (χ2n) is 5.19. The van der Waals surface area contributed by atoms with Crippen LogP contribution in [-0.4, -0.2) is 30.1 Å². The zero-order valence-electron chi connectivity index (χ0n) is 10.8. The zero-order valence-corrected chi connectivity index (χ0v) is 10.8. The maximum Gasteiger partial charge on any atom is 0.335 e. The molecule has 1 aromatic rings. The van der Waals surface area contributed by atoms with E-state index in [2.05, 4.69) is 0 Å². The molecule has 1 amide bonds. The predicted octanol–water partition coefficient (Wildman–Crippen LogP) is 1.36. The van der Waals surface area contributed by atoms with Crippen LogP contribution in [0, 0.1) is 17.0 Å². The minimum atomic E-state index is -1.40. The molecule has 108 valence electrons. The Balaban J connectivity index is 2.36. The number of aromatic carboxylic acids is 1. The number of carbonyl (C=O) groups excluding carboxylic acids is 1. The van der Waals surface area contributed by atoms with Gasteiger partial charge in [-0.1, -0.05) is 0 Å². The molecular formula is C13H14F2N2O3. The smallest absolute Gasteiger partial charge is 0.335 e. The Morgan fingerprint density at radius 2 is 1.90 bits per heavy atom. The Hall–Kier alpha value is -2.18. The molecule has 0 aromatic heterocycles. The van der Waals surface area contributed by atoms with Crippen molar-refractivity contribution in [1.82, 2.24) is 0 Å². The second kappa shape index (κ2) is 4.73. The summed E-state index contributed by atoms with van der Waals surface area (Å²) in [4.78, 5) is 23.4. The number of halogens is 2. The van der Waals surface area contributed by atoms with Crippen molar-refractivity contribution in [1.29, 1.82) is 0 Å². The van der Waals surface area contributed by atoms with Crippen LogP contribution in [0.4, 0.5) is 14.5 Å². The van der Waals surface area contributed by atoms with E-state index in [-0.39, 0.29) is 18.8 Å². The Morgan fingerprint density at radius 3 is 2.30 bits per heavy atom. The van der Waals surface area contributed by atoms with E-state index >= 15 is 0 Å². The summed E-state index contributed by atoms with van der Waals surface area (Å²) in [5.41, 5.74) is 3.66. The maximum absolute atomic E-state index is 13.9. The lowest BCUT2D eigenvalue weighted by molar-refractivity contribution is -0.125. The summed E-state index contributed by atoms with van der Waals surface area (Å²) < 4.78 is 27.8. The first-order chi connectivity index (χ1) is 9.24. The highest BCUT2D eigenvalue weighted by Crippen LogP contribution is 2.35. The number of hydrogen-bond acceptors (Lipinski definition) is 3. The van der Waals surface area contributed by atoms with E-state index in [0.717, 1.165) is 12.1 Å². The lowest BCUT2D eigenvalue weighted by Gasteiger charge is -2.23. The SMILES string of the molecule is CC1(C(N)=O)CCN(c2c(F)cc(C(=O)O)cc2F)C1. The van der Waals surface area contributed by atoms with Crippen LogP contribution in [0.1, 0.15) is 23.7 Å². The van der Waals surface area contributed by atoms with Gasteiger partial charge >= 0.3 is 5.97 Å². The third-order valence-electron chi connectivity index (χ3n) is 3.65. The summed E-state index contributed by atoms with van der Waals surface area (Å²) in [6, 6.07) is 1.53. The molecular weight excluding hydrogens is 270 g/mol. The first kappa shape index (κ1) is 14.2. The van der Waals surface area contributed by atoms with Crippen molar-refractivity contribution >= 4 is 17.6 Å². The van der Waals surface area contributed by atoms with E-state index in [1.807, 2.05) is 0 Å². The maximum atomic E-state index is 13.9. The quantitative estimate of drug-likeness (QED) is 0.878. The van der Waals surface area contributed by atoms with Crippen molar-refractivity contribution in [2.75, 3.05) is 18.0 Å². The summed E-state index contributed by atoms with van der Waals surface area (Å²) in [6.45, 7) is 2.01. The van der Waals surface area contributed by atoms with E-state index < -0.39 is 34.5 Å². The van der Waals surface area contributed by atoms with Crippen molar-refractivity contribution in [2.24, 2.45) is 11.1 Å². The highest BCUT2D eigenvalue weighted by molar-refractivity contribution is 5.88. The van der Waals surface area contributed by atoms with Gasteiger partial charge in [0.25, 0.3) is 0 Å². The number of amides is 1. The average molecular weight is 284 g/mol. The average Bonchev–Trinajstić information content (AvgIpc) is 2.72. The van der Waals surface area contributed by atoms with E-state index in [1.165, 1.54) is 4.90 Å². The molecule has 3 N–H and O–H groups in total. The fourth-order valence-corrected chi connectivity index (χ4v) is 2.34. The molecule has 0 bridgehead atoms. The first-order valence-corrected chi connectivity index (χ1v) is 6.02. The van der Waals surface area contributed by atoms with Gasteiger partial charge < -0.3 is 15.7 Å². The standard InChI is InChI=1S/C13H14F2N2O3/c1-13(12(16)20)2-3-17(6-13)10-8(14)4-7(11(18)19)5-9(10)15/h4-5H,2-3,6H2,1H3,(H2,16,20)(H,18,19). The second-order valence-corrected chi connectivity index (χ2v) is 5.19. The number of hydrogen-bond donors (Lipinski definition) is 2. The fraction of sp³-hybridized carbons (Fsp3) is 0.385. The van der Waals surface area contributed by atoms with Crippen molar-refractivity contribution in [3.05, 3.63) is 29.3 Å². The molecule has 1 aliphatic heterocycles. The van der Waals surface area contributed by atoms with Crippen LogP contribution in [0.15, 0.2) is 12.1 Å². The van der Waals surface area contributed by atoms with Crippen LogP contribution in [0.5, 0.6) is 0 Å². The van der Waals surface area contributed by atoms with E-state index in [0.29, 0.717) is 6.42 Å². The van der Waals surface area contributed by atoms with Gasteiger partial charge in [0.2, 0.25) is 5.91 Å². The van der Waals surface area contributed by atoms with Crippen molar-refractivity contribution in [3.8, 4) is 0 Å². The molecule has 1 unspecified atom stereocenters. The number of carboxylic acid groups (broad SMARTS) is 1. The van der Waals surface area contributed by atoms with Crippen LogP contribution in [0.3, 0.4) is 0 Å². The number of nitrogens with two attached hydrogens (primary N) is 1. The van der Waals surface area contributed by atoms with Gasteiger partial charge in [-0.25, -0.2) is 13.6 Å². The van der Waals surface area contributed by atoms with Crippen molar-refractivity contribution in [3.63, 3.8) is 0 Å². The Bertz CT molecular complexity index is 568. The fourth-order valence-electron chi connectivity index (χ4n) is 2.34. The topological polar surface area (TPSA) is 83.6 Å². The number of nitrogens with zero attached hydrogens (tertiary/aromatic N) is 1. The van der Waals surface area contributed by atoms with Crippen LogP contribution in [0.2, 0.25) is 0 Å². The third kappa shape index (κ3) is 2.31. The monoisotopic (exact) mass is 284 g/mol. The minimum absolute atomic E-state index is 0.0998. The van der Waals surface area contributed by atoms with Crippen molar-refractivity contribution < 1.29 is 23.5 Å². The molecule has 0 spiro atoms. The number of rotatable bonds is 3. The molecule has 1 fully saturated rings. The van der Waals surface area contributed by atoms with Gasteiger partial charge in [-0.3, -0.25) is 4.79 Å². The van der Waals surface area contributed by atoms with Gasteiger partial charge in [-0.05, 0) is 25.5 Å². The van der Waals surface area contributed by atoms with Crippen LogP contribution in [-0.2, 0) is 4.79 Å². The largest absolute Gasteiger partial charge is 0.478 e. The summed E-state index contributed by atoms with van der Waals surface area (Å²) in [6.07, 6.45) is 0.391. The van der Waals surface area contributed by atoms with E-state index in [9.17, 15) is 18.4 Å². The molecule has 1 heterocycles. The number of carbonyl (C=O) groups is 2. The first-order valence-electron chi connectivity index (χ1n) is 6.02. The van der Waals surface area contributed by atoms with Crippen LogP contribution in [0.25, 0.3) is 0 Å². The summed E-state index contributed by atoms with van der Waals surface area (Å²) in [7, 11) is 0. The number of benzene rings is 1. The Morgan fingerprint density at radius 1 is 1.35 bits per heavy atom. The minimum Gasteiger partial charge on any atom is -0.478 e. The number of carboxylic acids is 1. The molecule has 1 aliphatic rings. The lowest BCUT2D eigenvalue weighted by Crippen LogP contribution is -2.37. The number of primary amides is 1. The Kier molecular flexibility index (Phi) is 3.37. The van der Waals surface area contributed by atoms with Crippen LogP contribution < -0.4 is 10.6 Å². The van der Waals surface area contributed by atoms with Gasteiger partial charge in [-0.15, -0.1) is 0 Å². The van der Waals surface area contributed by atoms with E-state index in [1.54, 1.807) is 6.92 Å². The van der Waals surface area contributed by atoms with Crippen molar-refractivity contribution in [2.45, 2.75) is 13.3 Å². The van der Waals surface area contributed by atoms with Gasteiger partial charge in [0, 0.05) is 13.1 Å². The van der Waals surface area contributed by atoms with Crippen LogP contribution >= 0.6 is 0 Å². The molecule has 1 saturated heterocycles. The summed E-state index contributed by atoms with van der Waals surface area (Å²) in [5, 5.41) is 8.74. The van der Waals surface area contributed by atoms with E-state index in [4.69, 9.17) is 10.8 Å². The summed E-state index contributed by atoms with van der Waals surface area (Å²) >= 11 is 0. The molecule has 1 atom stereocenters.